The Kier molecular flexibility index (Phi) is 7.50. The molecule has 0 aliphatic heterocycles. The highest BCUT2D eigenvalue weighted by atomic mass is 19.4. The second-order valence-electron chi connectivity index (χ2n) is 5.82. The summed E-state index contributed by atoms with van der Waals surface area (Å²) in [4.78, 5) is 13.2. The van der Waals surface area contributed by atoms with Crippen LogP contribution in [0.15, 0.2) is 24.3 Å². The van der Waals surface area contributed by atoms with Gasteiger partial charge in [0.15, 0.2) is 0 Å². The van der Waals surface area contributed by atoms with E-state index in [1.807, 2.05) is 26.0 Å². The van der Waals surface area contributed by atoms with Crippen LogP contribution >= 0.6 is 0 Å². The van der Waals surface area contributed by atoms with Crippen LogP contribution < -0.4 is 5.32 Å². The first-order valence-electron chi connectivity index (χ1n) is 7.64. The summed E-state index contributed by atoms with van der Waals surface area (Å²) in [5.74, 6) is 0.119. The fraction of sp³-hybridized carbons (Fsp3) is 0.562. The molecule has 0 aliphatic rings. The van der Waals surface area contributed by atoms with Gasteiger partial charge in [0, 0.05) is 12.2 Å². The molecule has 5 nitrogen and oxygen atoms in total. The Morgan fingerprint density at radius 2 is 1.92 bits per heavy atom. The van der Waals surface area contributed by atoms with Crippen molar-refractivity contribution in [3.8, 4) is 0 Å². The van der Waals surface area contributed by atoms with Crippen molar-refractivity contribution in [1.29, 1.82) is 0 Å². The highest BCUT2D eigenvalue weighted by Gasteiger charge is 2.30. The topological polar surface area (TPSA) is 72.8 Å². The highest BCUT2D eigenvalue weighted by Crippen LogP contribution is 2.24. The SMILES string of the molecule is CC(C)c1ccccc1NC(=O)N(CCC(F)(F)F)C[C@H](O)CO. The number of para-hydroxylation sites is 1. The molecule has 2 amide bonds. The van der Waals surface area contributed by atoms with Crippen molar-refractivity contribution in [2.24, 2.45) is 0 Å². The number of hydrogen-bond acceptors (Lipinski definition) is 3. The summed E-state index contributed by atoms with van der Waals surface area (Å²) in [7, 11) is 0. The number of amides is 2. The molecule has 0 fully saturated rings. The van der Waals surface area contributed by atoms with Crippen LogP contribution in [0.2, 0.25) is 0 Å². The quantitative estimate of drug-likeness (QED) is 0.709. The number of aliphatic hydroxyl groups is 2. The van der Waals surface area contributed by atoms with Crippen molar-refractivity contribution in [3.05, 3.63) is 29.8 Å². The van der Waals surface area contributed by atoms with E-state index in [9.17, 15) is 23.1 Å². The molecule has 0 unspecified atom stereocenters. The Hall–Kier alpha value is -1.80. The largest absolute Gasteiger partial charge is 0.394 e. The Morgan fingerprint density at radius 1 is 1.29 bits per heavy atom. The van der Waals surface area contributed by atoms with Crippen molar-refractivity contribution in [1.82, 2.24) is 4.90 Å². The number of halogens is 3. The van der Waals surface area contributed by atoms with Gasteiger partial charge in [-0.05, 0) is 17.5 Å². The van der Waals surface area contributed by atoms with Gasteiger partial charge in [-0.15, -0.1) is 0 Å². The van der Waals surface area contributed by atoms with E-state index in [0.717, 1.165) is 10.5 Å². The highest BCUT2D eigenvalue weighted by molar-refractivity contribution is 5.90. The van der Waals surface area contributed by atoms with Crippen molar-refractivity contribution < 1.29 is 28.2 Å². The van der Waals surface area contributed by atoms with Gasteiger partial charge < -0.3 is 20.4 Å². The molecule has 1 aromatic carbocycles. The molecule has 8 heteroatoms. The molecule has 136 valence electrons. The number of aliphatic hydroxyl groups excluding tert-OH is 2. The first kappa shape index (κ1) is 20.2. The molecule has 0 aromatic heterocycles. The van der Waals surface area contributed by atoms with Crippen LogP contribution in [0.3, 0.4) is 0 Å². The van der Waals surface area contributed by atoms with E-state index in [1.165, 1.54) is 0 Å². The number of rotatable bonds is 7. The summed E-state index contributed by atoms with van der Waals surface area (Å²) >= 11 is 0. The number of alkyl halides is 3. The lowest BCUT2D eigenvalue weighted by Gasteiger charge is -2.26. The van der Waals surface area contributed by atoms with E-state index < -0.39 is 37.9 Å². The standard InChI is InChI=1S/C16H23F3N2O3/c1-11(2)13-5-3-4-6-14(13)20-15(24)21(9-12(23)10-22)8-7-16(17,18)19/h3-6,11-12,22-23H,7-10H2,1-2H3,(H,20,24)/t12-/m0/s1. The van der Waals surface area contributed by atoms with Crippen molar-refractivity contribution in [2.75, 3.05) is 25.0 Å². The molecule has 0 saturated heterocycles. The van der Waals surface area contributed by atoms with Crippen LogP contribution in [0.25, 0.3) is 0 Å². The minimum absolute atomic E-state index is 0.119. The molecular weight excluding hydrogens is 325 g/mol. The molecule has 1 atom stereocenters. The van der Waals surface area contributed by atoms with Gasteiger partial charge >= 0.3 is 12.2 Å². The van der Waals surface area contributed by atoms with Crippen LogP contribution in [-0.2, 0) is 0 Å². The van der Waals surface area contributed by atoms with E-state index in [2.05, 4.69) is 5.32 Å². The van der Waals surface area contributed by atoms with Gasteiger partial charge in [0.05, 0.1) is 25.7 Å². The second-order valence-corrected chi connectivity index (χ2v) is 5.82. The zero-order chi connectivity index (χ0) is 18.3. The monoisotopic (exact) mass is 348 g/mol. The van der Waals surface area contributed by atoms with E-state index >= 15 is 0 Å². The number of anilines is 1. The maximum Gasteiger partial charge on any atom is 0.390 e. The fourth-order valence-corrected chi connectivity index (χ4v) is 2.16. The van der Waals surface area contributed by atoms with Crippen LogP contribution in [0.1, 0.15) is 31.7 Å². The molecule has 1 aromatic rings. The average molecular weight is 348 g/mol. The summed E-state index contributed by atoms with van der Waals surface area (Å²) in [5.41, 5.74) is 1.36. The van der Waals surface area contributed by atoms with Gasteiger partial charge in [-0.1, -0.05) is 32.0 Å². The molecule has 0 aliphatic carbocycles. The fourth-order valence-electron chi connectivity index (χ4n) is 2.16. The zero-order valence-electron chi connectivity index (χ0n) is 13.7. The van der Waals surface area contributed by atoms with Crippen LogP contribution in [0.4, 0.5) is 23.7 Å². The maximum atomic E-state index is 12.4. The molecule has 0 heterocycles. The molecule has 0 saturated carbocycles. The Bertz CT molecular complexity index is 536. The summed E-state index contributed by atoms with van der Waals surface area (Å²) in [6.45, 7) is 2.24. The smallest absolute Gasteiger partial charge is 0.390 e. The molecule has 3 N–H and O–H groups in total. The maximum absolute atomic E-state index is 12.4. The molecular formula is C16H23F3N2O3. The normalized spacial score (nSPS) is 13.0. The Morgan fingerprint density at radius 3 is 2.46 bits per heavy atom. The van der Waals surface area contributed by atoms with E-state index in [0.29, 0.717) is 5.69 Å². The average Bonchev–Trinajstić information content (AvgIpc) is 2.50. The summed E-state index contributed by atoms with van der Waals surface area (Å²) in [6, 6.07) is 6.26. The lowest BCUT2D eigenvalue weighted by Crippen LogP contribution is -2.43. The predicted molar refractivity (Wildman–Crippen MR) is 84.9 cm³/mol. The predicted octanol–water partition coefficient (Wildman–Crippen LogP) is 2.95. The molecule has 0 spiro atoms. The summed E-state index contributed by atoms with van der Waals surface area (Å²) in [6.07, 6.45) is -6.91. The van der Waals surface area contributed by atoms with Gasteiger partial charge in [0.2, 0.25) is 0 Å². The van der Waals surface area contributed by atoms with Gasteiger partial charge in [-0.25, -0.2) is 4.79 Å². The van der Waals surface area contributed by atoms with Crippen LogP contribution in [-0.4, -0.2) is 53.1 Å². The number of carbonyl (C=O) groups excluding carboxylic acids is 1. The summed E-state index contributed by atoms with van der Waals surface area (Å²) in [5, 5.41) is 20.9. The molecule has 0 bridgehead atoms. The van der Waals surface area contributed by atoms with Crippen LogP contribution in [0, 0.1) is 0 Å². The molecule has 1 rings (SSSR count). The number of nitrogens with one attached hydrogen (secondary N) is 1. The number of urea groups is 1. The lowest BCUT2D eigenvalue weighted by molar-refractivity contribution is -0.137. The zero-order valence-corrected chi connectivity index (χ0v) is 13.7. The third-order valence-electron chi connectivity index (χ3n) is 3.42. The first-order chi connectivity index (χ1) is 11.1. The Balaban J connectivity index is 2.87. The Labute approximate surface area is 139 Å². The van der Waals surface area contributed by atoms with Gasteiger partial charge in [0.25, 0.3) is 0 Å². The minimum Gasteiger partial charge on any atom is -0.394 e. The lowest BCUT2D eigenvalue weighted by atomic mass is 10.0. The van der Waals surface area contributed by atoms with E-state index in [-0.39, 0.29) is 12.5 Å². The van der Waals surface area contributed by atoms with E-state index in [1.54, 1.807) is 12.1 Å². The number of hydrogen-bond donors (Lipinski definition) is 3. The van der Waals surface area contributed by atoms with E-state index in [4.69, 9.17) is 5.11 Å². The van der Waals surface area contributed by atoms with Crippen molar-refractivity contribution in [3.63, 3.8) is 0 Å². The summed E-state index contributed by atoms with van der Waals surface area (Å²) < 4.78 is 37.3. The first-order valence-corrected chi connectivity index (χ1v) is 7.64. The number of nitrogens with zero attached hydrogens (tertiary/aromatic N) is 1. The third-order valence-corrected chi connectivity index (χ3v) is 3.42. The molecule has 24 heavy (non-hydrogen) atoms. The number of carbonyl (C=O) groups is 1. The van der Waals surface area contributed by atoms with Crippen molar-refractivity contribution >= 4 is 11.7 Å². The number of benzene rings is 1. The van der Waals surface area contributed by atoms with Crippen molar-refractivity contribution in [2.45, 2.75) is 38.5 Å². The second kappa shape index (κ2) is 8.89. The minimum atomic E-state index is -4.42. The van der Waals surface area contributed by atoms with Crippen LogP contribution in [0.5, 0.6) is 0 Å². The van der Waals surface area contributed by atoms with Gasteiger partial charge in [0.1, 0.15) is 0 Å². The van der Waals surface area contributed by atoms with Gasteiger partial charge in [-0.2, -0.15) is 13.2 Å². The molecule has 0 radical (unpaired) electrons. The third kappa shape index (κ3) is 6.76. The van der Waals surface area contributed by atoms with Gasteiger partial charge in [-0.3, -0.25) is 0 Å².